The molecule has 0 aromatic heterocycles. The summed E-state index contributed by atoms with van der Waals surface area (Å²) in [5, 5.41) is 0. The van der Waals surface area contributed by atoms with Crippen molar-refractivity contribution in [3.8, 4) is 0 Å². The monoisotopic (exact) mass is 292 g/mol. The second-order valence-corrected chi connectivity index (χ2v) is 6.49. The summed E-state index contributed by atoms with van der Waals surface area (Å²) < 4.78 is 0. The number of rotatable bonds is 3. The lowest BCUT2D eigenvalue weighted by Crippen LogP contribution is -2.37. The molecule has 4 rings (SSSR count). The fourth-order valence-corrected chi connectivity index (χ4v) is 3.85. The van der Waals surface area contributed by atoms with Gasteiger partial charge in [-0.15, -0.1) is 0 Å². The number of fused-ring (bicyclic) bond motifs is 2. The average Bonchev–Trinajstić information content (AvgIpc) is 2.59. The van der Waals surface area contributed by atoms with Crippen LogP contribution in [0.5, 0.6) is 0 Å². The lowest BCUT2D eigenvalue weighted by atomic mass is 9.95. The van der Waals surface area contributed by atoms with Gasteiger partial charge < -0.3 is 9.80 Å². The number of likely N-dealkylation sites (tertiary alicyclic amines) is 1. The van der Waals surface area contributed by atoms with Crippen molar-refractivity contribution in [3.05, 3.63) is 59.7 Å². The molecule has 0 radical (unpaired) electrons. The highest BCUT2D eigenvalue weighted by molar-refractivity contribution is 5.74. The summed E-state index contributed by atoms with van der Waals surface area (Å²) in [5.74, 6) is 0. The first kappa shape index (κ1) is 13.8. The zero-order valence-electron chi connectivity index (χ0n) is 13.2. The molecule has 22 heavy (non-hydrogen) atoms. The number of hydrogen-bond donors (Lipinski definition) is 0. The van der Waals surface area contributed by atoms with E-state index in [-0.39, 0.29) is 0 Å². The molecule has 2 aromatic carbocycles. The van der Waals surface area contributed by atoms with Crippen LogP contribution in [-0.4, -0.2) is 31.1 Å². The highest BCUT2D eigenvalue weighted by Crippen LogP contribution is 2.38. The molecule has 2 aliphatic heterocycles. The van der Waals surface area contributed by atoms with E-state index in [0.29, 0.717) is 0 Å². The number of benzene rings is 2. The van der Waals surface area contributed by atoms with E-state index < -0.39 is 0 Å². The smallest absolute Gasteiger partial charge is 0.0447 e. The van der Waals surface area contributed by atoms with E-state index in [4.69, 9.17) is 0 Å². The largest absolute Gasteiger partial charge is 0.340 e. The predicted octanol–water partition coefficient (Wildman–Crippen LogP) is 4.21. The first-order valence-corrected chi connectivity index (χ1v) is 8.57. The highest BCUT2D eigenvalue weighted by atomic mass is 15.2. The molecule has 2 aliphatic rings. The molecule has 2 aromatic rings. The normalized spacial score (nSPS) is 17.9. The molecule has 2 heterocycles. The Morgan fingerprint density at radius 1 is 0.682 bits per heavy atom. The van der Waals surface area contributed by atoms with Crippen molar-refractivity contribution in [1.29, 1.82) is 0 Å². The number of piperidine rings is 1. The molecule has 0 spiro atoms. The molecule has 114 valence electrons. The van der Waals surface area contributed by atoms with E-state index in [9.17, 15) is 0 Å². The van der Waals surface area contributed by atoms with Crippen LogP contribution in [0.25, 0.3) is 0 Å². The van der Waals surface area contributed by atoms with Crippen LogP contribution in [0.2, 0.25) is 0 Å². The molecule has 0 aliphatic carbocycles. The van der Waals surface area contributed by atoms with Crippen LogP contribution in [0.1, 0.15) is 30.4 Å². The van der Waals surface area contributed by atoms with Gasteiger partial charge in [-0.3, -0.25) is 0 Å². The van der Waals surface area contributed by atoms with E-state index >= 15 is 0 Å². The molecular formula is C20H24N2. The summed E-state index contributed by atoms with van der Waals surface area (Å²) in [7, 11) is 0. The van der Waals surface area contributed by atoms with Crippen LogP contribution in [0.3, 0.4) is 0 Å². The Kier molecular flexibility index (Phi) is 3.86. The lowest BCUT2D eigenvalue weighted by Gasteiger charge is -2.35. The van der Waals surface area contributed by atoms with Crippen LogP contribution < -0.4 is 4.90 Å². The van der Waals surface area contributed by atoms with E-state index in [1.54, 1.807) is 0 Å². The fourth-order valence-electron chi connectivity index (χ4n) is 3.85. The molecular weight excluding hydrogens is 268 g/mol. The van der Waals surface area contributed by atoms with Crippen LogP contribution in [0, 0.1) is 0 Å². The van der Waals surface area contributed by atoms with Gasteiger partial charge in [-0.2, -0.15) is 0 Å². The molecule has 0 N–H and O–H groups in total. The van der Waals surface area contributed by atoms with Gasteiger partial charge in [0.2, 0.25) is 0 Å². The summed E-state index contributed by atoms with van der Waals surface area (Å²) >= 11 is 0. The summed E-state index contributed by atoms with van der Waals surface area (Å²) in [6.07, 6.45) is 5.21. The molecule has 0 unspecified atom stereocenters. The Morgan fingerprint density at radius 3 is 1.91 bits per heavy atom. The van der Waals surface area contributed by atoms with Crippen molar-refractivity contribution in [2.45, 2.75) is 25.7 Å². The summed E-state index contributed by atoms with van der Waals surface area (Å²) in [4.78, 5) is 5.16. The first-order valence-electron chi connectivity index (χ1n) is 8.57. The number of anilines is 2. The van der Waals surface area contributed by atoms with Gasteiger partial charge in [0.25, 0.3) is 0 Å². The third kappa shape index (κ3) is 2.64. The van der Waals surface area contributed by atoms with Crippen molar-refractivity contribution in [2.75, 3.05) is 31.1 Å². The average molecular weight is 292 g/mol. The molecule has 2 heteroatoms. The molecule has 0 bridgehead atoms. The van der Waals surface area contributed by atoms with E-state index in [1.807, 2.05) is 0 Å². The van der Waals surface area contributed by atoms with Gasteiger partial charge in [0, 0.05) is 30.9 Å². The van der Waals surface area contributed by atoms with Gasteiger partial charge in [-0.1, -0.05) is 42.8 Å². The zero-order valence-corrected chi connectivity index (χ0v) is 13.2. The van der Waals surface area contributed by atoms with Gasteiger partial charge in [-0.25, -0.2) is 0 Å². The minimum atomic E-state index is 1.06. The maximum Gasteiger partial charge on any atom is 0.0447 e. The molecule has 0 saturated carbocycles. The van der Waals surface area contributed by atoms with Crippen molar-refractivity contribution < 1.29 is 0 Å². The van der Waals surface area contributed by atoms with Crippen molar-refractivity contribution in [2.24, 2.45) is 0 Å². The summed E-state index contributed by atoms with van der Waals surface area (Å²) in [6.45, 7) is 4.81. The second kappa shape index (κ2) is 6.13. The topological polar surface area (TPSA) is 6.48 Å². The maximum atomic E-state index is 2.63. The summed E-state index contributed by atoms with van der Waals surface area (Å²) in [5.41, 5.74) is 5.72. The highest BCUT2D eigenvalue weighted by Gasteiger charge is 2.22. The number of hydrogen-bond acceptors (Lipinski definition) is 2. The van der Waals surface area contributed by atoms with Gasteiger partial charge >= 0.3 is 0 Å². The molecule has 2 nitrogen and oxygen atoms in total. The SMILES string of the molecule is c1ccc2c(c1)Cc1ccccc1N2CCN1CCCCC1. The maximum absolute atomic E-state index is 2.63. The van der Waals surface area contributed by atoms with Gasteiger partial charge in [0.15, 0.2) is 0 Å². The molecule has 1 saturated heterocycles. The van der Waals surface area contributed by atoms with E-state index in [2.05, 4.69) is 58.3 Å². The Morgan fingerprint density at radius 2 is 1.27 bits per heavy atom. The third-order valence-electron chi connectivity index (χ3n) is 5.03. The Bertz CT molecular complexity index is 598. The second-order valence-electron chi connectivity index (χ2n) is 6.49. The van der Waals surface area contributed by atoms with E-state index in [1.165, 1.54) is 61.4 Å². The minimum absolute atomic E-state index is 1.06. The predicted molar refractivity (Wildman–Crippen MR) is 93.0 cm³/mol. The third-order valence-corrected chi connectivity index (χ3v) is 5.03. The van der Waals surface area contributed by atoms with Crippen molar-refractivity contribution in [1.82, 2.24) is 4.90 Å². The fraction of sp³-hybridized carbons (Fsp3) is 0.400. The standard InChI is InChI=1S/C20H24N2/c1-6-12-21(13-7-1)14-15-22-19-10-4-2-8-17(19)16-18-9-3-5-11-20(18)22/h2-5,8-11H,1,6-7,12-16H2. The Balaban J connectivity index is 1.60. The molecule has 1 fully saturated rings. The number of nitrogens with zero attached hydrogens (tertiary/aromatic N) is 2. The van der Waals surface area contributed by atoms with Gasteiger partial charge in [-0.05, 0) is 49.2 Å². The van der Waals surface area contributed by atoms with Crippen LogP contribution in [0.4, 0.5) is 11.4 Å². The van der Waals surface area contributed by atoms with Crippen molar-refractivity contribution in [3.63, 3.8) is 0 Å². The minimum Gasteiger partial charge on any atom is -0.340 e. The Hall–Kier alpha value is -1.80. The van der Waals surface area contributed by atoms with Crippen LogP contribution in [-0.2, 0) is 6.42 Å². The van der Waals surface area contributed by atoms with Crippen LogP contribution in [0.15, 0.2) is 48.5 Å². The zero-order chi connectivity index (χ0) is 14.8. The first-order chi connectivity index (χ1) is 10.9. The van der Waals surface area contributed by atoms with Crippen molar-refractivity contribution >= 4 is 11.4 Å². The quantitative estimate of drug-likeness (QED) is 0.836. The van der Waals surface area contributed by atoms with Crippen LogP contribution >= 0.6 is 0 Å². The van der Waals surface area contributed by atoms with Gasteiger partial charge in [0.05, 0.1) is 0 Å². The Labute approximate surface area is 133 Å². The summed E-state index contributed by atoms with van der Waals surface area (Å²) in [6, 6.07) is 17.8. The lowest BCUT2D eigenvalue weighted by molar-refractivity contribution is 0.234. The van der Waals surface area contributed by atoms with Gasteiger partial charge in [0.1, 0.15) is 0 Å². The van der Waals surface area contributed by atoms with E-state index in [0.717, 1.165) is 13.0 Å². The number of para-hydroxylation sites is 2. The molecule has 0 amide bonds. The molecule has 0 atom stereocenters.